The van der Waals surface area contributed by atoms with Gasteiger partial charge in [-0.15, -0.1) is 0 Å². The van der Waals surface area contributed by atoms with Gasteiger partial charge in [-0.2, -0.15) is 0 Å². The number of hydrogen-bond acceptors (Lipinski definition) is 6. The van der Waals surface area contributed by atoms with Gasteiger partial charge in [-0.3, -0.25) is 14.9 Å². The number of nitrogens with zero attached hydrogens (tertiary/aromatic N) is 4. The molecule has 8 heteroatoms. The minimum atomic E-state index is -0.558. The lowest BCUT2D eigenvalue weighted by Crippen LogP contribution is -2.36. The standard InChI is InChI=1S/C18H23N5O3/c1-3-10-22(11-4-2)16(24)13-20-18-15(23(25)26)12-19-17(21-18)14-8-6-5-7-9-14/h5-9,12H,3-4,10-11,13H2,1-2H3,(H,19,20,21). The molecule has 1 N–H and O–H groups in total. The highest BCUT2D eigenvalue weighted by atomic mass is 16.6. The quantitative estimate of drug-likeness (QED) is 0.546. The van der Waals surface area contributed by atoms with E-state index in [-0.39, 0.29) is 24.0 Å². The number of hydrogen-bond donors (Lipinski definition) is 1. The van der Waals surface area contributed by atoms with Crippen molar-refractivity contribution in [1.82, 2.24) is 14.9 Å². The summed E-state index contributed by atoms with van der Waals surface area (Å²) >= 11 is 0. The molecule has 2 aromatic rings. The Morgan fingerprint density at radius 3 is 2.42 bits per heavy atom. The Morgan fingerprint density at radius 1 is 1.19 bits per heavy atom. The summed E-state index contributed by atoms with van der Waals surface area (Å²) in [6, 6.07) is 9.18. The Labute approximate surface area is 152 Å². The lowest BCUT2D eigenvalue weighted by atomic mass is 10.2. The van der Waals surface area contributed by atoms with Crippen molar-refractivity contribution in [2.45, 2.75) is 26.7 Å². The number of nitro groups is 1. The van der Waals surface area contributed by atoms with E-state index in [0.717, 1.165) is 24.6 Å². The molecule has 0 aliphatic carbocycles. The molecule has 0 spiro atoms. The Morgan fingerprint density at radius 2 is 1.85 bits per heavy atom. The van der Waals surface area contributed by atoms with E-state index in [1.54, 1.807) is 4.90 Å². The molecule has 0 fully saturated rings. The van der Waals surface area contributed by atoms with Gasteiger partial charge in [0.25, 0.3) is 0 Å². The van der Waals surface area contributed by atoms with Gasteiger partial charge in [0.2, 0.25) is 11.7 Å². The monoisotopic (exact) mass is 357 g/mol. The maximum Gasteiger partial charge on any atom is 0.329 e. The van der Waals surface area contributed by atoms with Gasteiger partial charge < -0.3 is 10.2 Å². The normalized spacial score (nSPS) is 10.4. The summed E-state index contributed by atoms with van der Waals surface area (Å²) in [5, 5.41) is 14.1. The minimum Gasteiger partial charge on any atom is -0.355 e. The van der Waals surface area contributed by atoms with Crippen LogP contribution in [0.15, 0.2) is 36.5 Å². The van der Waals surface area contributed by atoms with E-state index < -0.39 is 4.92 Å². The largest absolute Gasteiger partial charge is 0.355 e. The van der Waals surface area contributed by atoms with Crippen LogP contribution in [0.4, 0.5) is 11.5 Å². The third-order valence-electron chi connectivity index (χ3n) is 3.74. The molecule has 0 atom stereocenters. The lowest BCUT2D eigenvalue weighted by Gasteiger charge is -2.21. The lowest BCUT2D eigenvalue weighted by molar-refractivity contribution is -0.384. The highest BCUT2D eigenvalue weighted by molar-refractivity contribution is 5.81. The van der Waals surface area contributed by atoms with Gasteiger partial charge in [-0.25, -0.2) is 9.97 Å². The van der Waals surface area contributed by atoms with Crippen LogP contribution in [0.3, 0.4) is 0 Å². The first-order valence-electron chi connectivity index (χ1n) is 8.65. The molecule has 0 aliphatic rings. The number of nitrogens with one attached hydrogen (secondary N) is 1. The SMILES string of the molecule is CCCN(CCC)C(=O)CNc1nc(-c2ccccc2)ncc1[N+](=O)[O-]. The highest BCUT2D eigenvalue weighted by Gasteiger charge is 2.20. The maximum absolute atomic E-state index is 12.4. The van der Waals surface area contributed by atoms with E-state index in [9.17, 15) is 14.9 Å². The van der Waals surface area contributed by atoms with Crippen molar-refractivity contribution in [3.8, 4) is 11.4 Å². The van der Waals surface area contributed by atoms with Gasteiger partial charge in [0.1, 0.15) is 6.20 Å². The predicted octanol–water partition coefficient (Wildman–Crippen LogP) is 3.11. The molecule has 0 saturated carbocycles. The molecule has 0 aliphatic heterocycles. The van der Waals surface area contributed by atoms with Crippen molar-refractivity contribution in [1.29, 1.82) is 0 Å². The second-order valence-electron chi connectivity index (χ2n) is 5.78. The summed E-state index contributed by atoms with van der Waals surface area (Å²) in [5.41, 5.74) is 0.491. The van der Waals surface area contributed by atoms with E-state index in [0.29, 0.717) is 18.9 Å². The molecule has 26 heavy (non-hydrogen) atoms. The molecule has 138 valence electrons. The molecule has 8 nitrogen and oxygen atoms in total. The summed E-state index contributed by atoms with van der Waals surface area (Å²) < 4.78 is 0. The number of carbonyl (C=O) groups is 1. The van der Waals surface area contributed by atoms with Crippen molar-refractivity contribution in [2.75, 3.05) is 25.0 Å². The topological polar surface area (TPSA) is 101 Å². The van der Waals surface area contributed by atoms with E-state index in [1.807, 2.05) is 44.2 Å². The van der Waals surface area contributed by atoms with Crippen LogP contribution < -0.4 is 5.32 Å². The number of amides is 1. The van der Waals surface area contributed by atoms with Crippen molar-refractivity contribution in [3.05, 3.63) is 46.6 Å². The van der Waals surface area contributed by atoms with Crippen molar-refractivity contribution in [2.24, 2.45) is 0 Å². The number of anilines is 1. The Bertz CT molecular complexity index is 746. The van der Waals surface area contributed by atoms with E-state index in [2.05, 4.69) is 15.3 Å². The third kappa shape index (κ3) is 4.98. The first-order chi connectivity index (χ1) is 12.6. The van der Waals surface area contributed by atoms with Crippen molar-refractivity contribution >= 4 is 17.4 Å². The molecule has 0 unspecified atom stereocenters. The second kappa shape index (κ2) is 9.45. The fraction of sp³-hybridized carbons (Fsp3) is 0.389. The maximum atomic E-state index is 12.4. The van der Waals surface area contributed by atoms with Gasteiger partial charge >= 0.3 is 5.69 Å². The van der Waals surface area contributed by atoms with Crippen LogP contribution in [0.1, 0.15) is 26.7 Å². The van der Waals surface area contributed by atoms with Crippen molar-refractivity contribution < 1.29 is 9.72 Å². The fourth-order valence-corrected chi connectivity index (χ4v) is 2.54. The van der Waals surface area contributed by atoms with E-state index in [1.165, 1.54) is 0 Å². The Balaban J connectivity index is 2.20. The molecule has 0 radical (unpaired) electrons. The average Bonchev–Trinajstić information content (AvgIpc) is 2.66. The number of aromatic nitrogens is 2. The van der Waals surface area contributed by atoms with E-state index in [4.69, 9.17) is 0 Å². The Hall–Kier alpha value is -3.03. The molecule has 1 aromatic carbocycles. The van der Waals surface area contributed by atoms with Gasteiger partial charge in [0.05, 0.1) is 11.5 Å². The zero-order valence-corrected chi connectivity index (χ0v) is 15.0. The van der Waals surface area contributed by atoms with Gasteiger partial charge in [-0.05, 0) is 12.8 Å². The first-order valence-corrected chi connectivity index (χ1v) is 8.65. The summed E-state index contributed by atoms with van der Waals surface area (Å²) in [7, 11) is 0. The third-order valence-corrected chi connectivity index (χ3v) is 3.74. The molecule has 1 aromatic heterocycles. The predicted molar refractivity (Wildman–Crippen MR) is 99.8 cm³/mol. The molecular formula is C18H23N5O3. The second-order valence-corrected chi connectivity index (χ2v) is 5.78. The summed E-state index contributed by atoms with van der Waals surface area (Å²) in [6.07, 6.45) is 2.88. The highest BCUT2D eigenvalue weighted by Crippen LogP contribution is 2.24. The van der Waals surface area contributed by atoms with Gasteiger partial charge in [0, 0.05) is 18.7 Å². The van der Waals surface area contributed by atoms with Gasteiger partial charge in [-0.1, -0.05) is 44.2 Å². The van der Waals surface area contributed by atoms with Crippen LogP contribution >= 0.6 is 0 Å². The molecule has 1 heterocycles. The molecule has 1 amide bonds. The summed E-state index contributed by atoms with van der Waals surface area (Å²) in [6.45, 7) is 5.28. The smallest absolute Gasteiger partial charge is 0.329 e. The number of benzene rings is 1. The van der Waals surface area contributed by atoms with Crippen LogP contribution in [-0.2, 0) is 4.79 Å². The summed E-state index contributed by atoms with van der Waals surface area (Å²) in [4.78, 5) is 33.1. The molecule has 2 rings (SSSR count). The Kier molecular flexibility index (Phi) is 7.02. The van der Waals surface area contributed by atoms with Crippen molar-refractivity contribution in [3.63, 3.8) is 0 Å². The van der Waals surface area contributed by atoms with Crippen LogP contribution in [-0.4, -0.2) is 45.3 Å². The molecule has 0 saturated heterocycles. The summed E-state index contributed by atoms with van der Waals surface area (Å²) in [5.74, 6) is 0.304. The molecular weight excluding hydrogens is 334 g/mol. The first kappa shape index (κ1) is 19.3. The minimum absolute atomic E-state index is 0.0464. The van der Waals surface area contributed by atoms with Crippen LogP contribution in [0.25, 0.3) is 11.4 Å². The average molecular weight is 357 g/mol. The zero-order chi connectivity index (χ0) is 18.9. The van der Waals surface area contributed by atoms with Crippen LogP contribution in [0.2, 0.25) is 0 Å². The van der Waals surface area contributed by atoms with Crippen LogP contribution in [0, 0.1) is 10.1 Å². The van der Waals surface area contributed by atoms with Gasteiger partial charge in [0.15, 0.2) is 5.82 Å². The number of carbonyl (C=O) groups excluding carboxylic acids is 1. The number of rotatable bonds is 9. The fourth-order valence-electron chi connectivity index (χ4n) is 2.54. The zero-order valence-electron chi connectivity index (χ0n) is 15.0. The van der Waals surface area contributed by atoms with Crippen LogP contribution in [0.5, 0.6) is 0 Å². The van der Waals surface area contributed by atoms with E-state index >= 15 is 0 Å². The molecule has 0 bridgehead atoms.